The van der Waals surface area contributed by atoms with Crippen molar-refractivity contribution < 1.29 is 4.79 Å². The molecule has 3 aromatic carbocycles. The number of carbonyl (C=O) groups excluding carboxylic acids is 1. The van der Waals surface area contributed by atoms with E-state index in [1.54, 1.807) is 18.2 Å². The van der Waals surface area contributed by atoms with Crippen LogP contribution in [-0.4, -0.2) is 10.8 Å². The lowest BCUT2D eigenvalue weighted by Crippen LogP contribution is -2.18. The van der Waals surface area contributed by atoms with Crippen molar-refractivity contribution in [3.8, 4) is 11.1 Å². The third-order valence-electron chi connectivity index (χ3n) is 4.75. The second-order valence-corrected chi connectivity index (χ2v) is 7.31. The highest BCUT2D eigenvalue weighted by molar-refractivity contribution is 6.30. The van der Waals surface area contributed by atoms with Crippen LogP contribution in [0.1, 0.15) is 21.5 Å². The Kier molecular flexibility index (Phi) is 5.15. The minimum absolute atomic E-state index is 0.132. The van der Waals surface area contributed by atoms with E-state index in [1.165, 1.54) is 6.08 Å². The molecule has 1 N–H and O–H groups in total. The quantitative estimate of drug-likeness (QED) is 0.335. The highest BCUT2D eigenvalue weighted by atomic mass is 35.5. The van der Waals surface area contributed by atoms with E-state index in [4.69, 9.17) is 11.6 Å². The van der Waals surface area contributed by atoms with Crippen molar-refractivity contribution in [2.75, 3.05) is 0 Å². The SMILES string of the molecule is Cc1ccc2[nH]c(=O)c(C(=O)/C=C/c3cccc(Cl)c3)c(-c3ccccc3)c2c1. The lowest BCUT2D eigenvalue weighted by molar-refractivity contribution is 0.104. The molecule has 0 saturated carbocycles. The maximum Gasteiger partial charge on any atom is 0.260 e. The number of hydrogen-bond acceptors (Lipinski definition) is 2. The third kappa shape index (κ3) is 3.91. The molecule has 142 valence electrons. The molecule has 4 rings (SSSR count). The van der Waals surface area contributed by atoms with Gasteiger partial charge in [-0.2, -0.15) is 0 Å². The fourth-order valence-electron chi connectivity index (χ4n) is 3.41. The Morgan fingerprint density at radius 1 is 0.966 bits per heavy atom. The standard InChI is InChI=1S/C25H18ClNO2/c1-16-10-12-21-20(14-16)23(18-7-3-2-4-8-18)24(25(29)27-21)22(28)13-11-17-6-5-9-19(26)15-17/h2-15H,1H3,(H,27,29)/b13-11+. The van der Waals surface area contributed by atoms with E-state index in [2.05, 4.69) is 4.98 Å². The first-order valence-electron chi connectivity index (χ1n) is 9.23. The molecule has 4 aromatic rings. The number of nitrogens with one attached hydrogen (secondary N) is 1. The van der Waals surface area contributed by atoms with Gasteiger partial charge in [0.1, 0.15) is 0 Å². The molecule has 0 atom stereocenters. The molecule has 1 heterocycles. The second kappa shape index (κ2) is 7.90. The smallest absolute Gasteiger partial charge is 0.260 e. The highest BCUT2D eigenvalue weighted by Crippen LogP contribution is 2.30. The van der Waals surface area contributed by atoms with Crippen molar-refractivity contribution >= 4 is 34.4 Å². The zero-order valence-corrected chi connectivity index (χ0v) is 16.5. The number of benzene rings is 3. The summed E-state index contributed by atoms with van der Waals surface area (Å²) in [7, 11) is 0. The van der Waals surface area contributed by atoms with Crippen molar-refractivity contribution in [2.45, 2.75) is 6.92 Å². The van der Waals surface area contributed by atoms with E-state index in [1.807, 2.05) is 67.6 Å². The maximum atomic E-state index is 13.1. The van der Waals surface area contributed by atoms with Gasteiger partial charge in [-0.25, -0.2) is 0 Å². The van der Waals surface area contributed by atoms with Gasteiger partial charge in [-0.15, -0.1) is 0 Å². The normalized spacial score (nSPS) is 11.2. The van der Waals surface area contributed by atoms with Gasteiger partial charge in [0.05, 0.1) is 5.56 Å². The molecule has 0 fully saturated rings. The van der Waals surface area contributed by atoms with Crippen LogP contribution in [0.5, 0.6) is 0 Å². The first kappa shape index (κ1) is 18.9. The van der Waals surface area contributed by atoms with Gasteiger partial charge in [0.25, 0.3) is 5.56 Å². The van der Waals surface area contributed by atoms with Crippen molar-refractivity contribution in [2.24, 2.45) is 0 Å². The van der Waals surface area contributed by atoms with Gasteiger partial charge in [0, 0.05) is 21.5 Å². The summed E-state index contributed by atoms with van der Waals surface area (Å²) < 4.78 is 0. The van der Waals surface area contributed by atoms with Crippen LogP contribution in [0.4, 0.5) is 0 Å². The number of rotatable bonds is 4. The fourth-order valence-corrected chi connectivity index (χ4v) is 3.61. The van der Waals surface area contributed by atoms with Crippen LogP contribution < -0.4 is 5.56 Å². The van der Waals surface area contributed by atoms with Crippen molar-refractivity contribution in [3.63, 3.8) is 0 Å². The van der Waals surface area contributed by atoms with Gasteiger partial charge in [-0.3, -0.25) is 9.59 Å². The number of H-pyrrole nitrogens is 1. The van der Waals surface area contributed by atoms with Gasteiger partial charge >= 0.3 is 0 Å². The van der Waals surface area contributed by atoms with Crippen LogP contribution in [0.2, 0.25) is 5.02 Å². The molecule has 0 bridgehead atoms. The van der Waals surface area contributed by atoms with Crippen molar-refractivity contribution in [3.05, 3.63) is 111 Å². The summed E-state index contributed by atoms with van der Waals surface area (Å²) in [4.78, 5) is 28.8. The first-order chi connectivity index (χ1) is 14.0. The summed E-state index contributed by atoms with van der Waals surface area (Å²) in [6.07, 6.45) is 3.09. The van der Waals surface area contributed by atoms with E-state index in [9.17, 15) is 9.59 Å². The molecule has 0 spiro atoms. The number of aromatic amines is 1. The van der Waals surface area contributed by atoms with Crippen molar-refractivity contribution in [1.29, 1.82) is 0 Å². The number of fused-ring (bicyclic) bond motifs is 1. The molecule has 3 nitrogen and oxygen atoms in total. The number of pyridine rings is 1. The number of aryl methyl sites for hydroxylation is 1. The molecule has 0 unspecified atom stereocenters. The summed E-state index contributed by atoms with van der Waals surface area (Å²) in [5.74, 6) is -0.353. The Balaban J connectivity index is 1.92. The van der Waals surface area contributed by atoms with E-state index in [0.717, 1.165) is 22.1 Å². The van der Waals surface area contributed by atoms with Crippen LogP contribution in [0.15, 0.2) is 83.7 Å². The number of aromatic nitrogens is 1. The number of halogens is 1. The van der Waals surface area contributed by atoms with E-state index in [0.29, 0.717) is 16.1 Å². The predicted octanol–water partition coefficient (Wildman–Crippen LogP) is 6.05. The Morgan fingerprint density at radius 3 is 2.52 bits per heavy atom. The summed E-state index contributed by atoms with van der Waals surface area (Å²) >= 11 is 6.01. The average molecular weight is 400 g/mol. The van der Waals surface area contributed by atoms with Crippen LogP contribution in [0.3, 0.4) is 0 Å². The highest BCUT2D eigenvalue weighted by Gasteiger charge is 2.19. The molecule has 0 radical (unpaired) electrons. The number of ketones is 1. The third-order valence-corrected chi connectivity index (χ3v) is 4.99. The zero-order valence-electron chi connectivity index (χ0n) is 15.8. The van der Waals surface area contributed by atoms with Crippen LogP contribution in [-0.2, 0) is 0 Å². The summed E-state index contributed by atoms with van der Waals surface area (Å²) in [5, 5.41) is 1.43. The van der Waals surface area contributed by atoms with E-state index >= 15 is 0 Å². The van der Waals surface area contributed by atoms with Gasteiger partial charge in [-0.1, -0.05) is 71.8 Å². The van der Waals surface area contributed by atoms with Crippen LogP contribution in [0, 0.1) is 6.92 Å². The van der Waals surface area contributed by atoms with E-state index in [-0.39, 0.29) is 11.3 Å². The molecular formula is C25H18ClNO2. The minimum Gasteiger partial charge on any atom is -0.321 e. The minimum atomic E-state index is -0.402. The van der Waals surface area contributed by atoms with Crippen LogP contribution >= 0.6 is 11.6 Å². The Bertz CT molecular complexity index is 1300. The monoisotopic (exact) mass is 399 g/mol. The Labute approximate surface area is 173 Å². The van der Waals surface area contributed by atoms with Gasteiger partial charge in [0.2, 0.25) is 0 Å². The fraction of sp³-hybridized carbons (Fsp3) is 0.0400. The molecule has 4 heteroatoms. The molecule has 0 aliphatic carbocycles. The molecule has 0 aliphatic rings. The molecule has 29 heavy (non-hydrogen) atoms. The molecular weight excluding hydrogens is 382 g/mol. The average Bonchev–Trinajstić information content (AvgIpc) is 2.72. The number of hydrogen-bond donors (Lipinski definition) is 1. The Hall–Kier alpha value is -3.43. The largest absolute Gasteiger partial charge is 0.321 e. The number of carbonyl (C=O) groups is 1. The predicted molar refractivity (Wildman–Crippen MR) is 120 cm³/mol. The molecule has 0 aliphatic heterocycles. The zero-order chi connectivity index (χ0) is 20.4. The van der Waals surface area contributed by atoms with Gasteiger partial charge in [0.15, 0.2) is 5.78 Å². The molecule has 1 aromatic heterocycles. The van der Waals surface area contributed by atoms with Crippen LogP contribution in [0.25, 0.3) is 28.1 Å². The second-order valence-electron chi connectivity index (χ2n) is 6.87. The van der Waals surface area contributed by atoms with E-state index < -0.39 is 5.56 Å². The first-order valence-corrected chi connectivity index (χ1v) is 9.61. The topological polar surface area (TPSA) is 49.9 Å². The summed E-state index contributed by atoms with van der Waals surface area (Å²) in [6.45, 7) is 1.99. The lowest BCUT2D eigenvalue weighted by Gasteiger charge is -2.12. The number of allylic oxidation sites excluding steroid dienone is 1. The summed E-state index contributed by atoms with van der Waals surface area (Å²) in [6, 6.07) is 22.5. The van der Waals surface area contributed by atoms with Crippen molar-refractivity contribution in [1.82, 2.24) is 4.98 Å². The summed E-state index contributed by atoms with van der Waals surface area (Å²) in [5.41, 5.74) is 3.75. The molecule has 0 amide bonds. The van der Waals surface area contributed by atoms with Gasteiger partial charge < -0.3 is 4.98 Å². The molecule has 0 saturated heterocycles. The Morgan fingerprint density at radius 2 is 1.76 bits per heavy atom. The lowest BCUT2D eigenvalue weighted by atomic mass is 9.93. The maximum absolute atomic E-state index is 13.1. The van der Waals surface area contributed by atoms with Gasteiger partial charge in [-0.05, 0) is 48.4 Å².